The smallest absolute Gasteiger partial charge is 0.0251 e. The molecule has 0 spiro atoms. The number of nitrogens with one attached hydrogen (secondary N) is 1. The molecule has 0 aliphatic rings. The van der Waals surface area contributed by atoms with Crippen LogP contribution in [0.5, 0.6) is 0 Å². The largest absolute Gasteiger partial charge is 0.311 e. The van der Waals surface area contributed by atoms with Gasteiger partial charge in [-0.05, 0) is 44.5 Å². The Balaban J connectivity index is 2.85. The van der Waals surface area contributed by atoms with Gasteiger partial charge in [0.25, 0.3) is 0 Å². The number of hydrogen-bond acceptors (Lipinski definition) is 1. The molecule has 1 aromatic rings. The summed E-state index contributed by atoms with van der Waals surface area (Å²) in [6.07, 6.45) is 2.24. The standard InChI is InChI=1S/C14H20BrN/c1-5-16-12(4)10(2)8-13-6-7-14(15)11(3)9-13/h6-9,12,16H,5H2,1-4H3/b10-8+. The van der Waals surface area contributed by atoms with Crippen molar-refractivity contribution in [2.75, 3.05) is 6.54 Å². The molecule has 0 heterocycles. The predicted octanol–water partition coefficient (Wildman–Crippen LogP) is 4.16. The quantitative estimate of drug-likeness (QED) is 0.874. The van der Waals surface area contributed by atoms with Crippen molar-refractivity contribution in [1.29, 1.82) is 0 Å². The molecule has 16 heavy (non-hydrogen) atoms. The van der Waals surface area contributed by atoms with Gasteiger partial charge in [-0.3, -0.25) is 0 Å². The molecule has 0 fully saturated rings. The lowest BCUT2D eigenvalue weighted by atomic mass is 10.1. The maximum absolute atomic E-state index is 3.52. The number of benzene rings is 1. The van der Waals surface area contributed by atoms with Crippen LogP contribution in [0.1, 0.15) is 31.9 Å². The molecular weight excluding hydrogens is 262 g/mol. The Bertz CT molecular complexity index is 382. The lowest BCUT2D eigenvalue weighted by Gasteiger charge is -2.13. The third kappa shape index (κ3) is 3.76. The summed E-state index contributed by atoms with van der Waals surface area (Å²) >= 11 is 3.52. The normalized spacial score (nSPS) is 13.9. The Morgan fingerprint density at radius 2 is 2.19 bits per heavy atom. The highest BCUT2D eigenvalue weighted by Gasteiger charge is 2.02. The third-order valence-electron chi connectivity index (χ3n) is 2.77. The first-order chi connectivity index (χ1) is 7.54. The molecular formula is C14H20BrN. The van der Waals surface area contributed by atoms with Crippen LogP contribution in [0.2, 0.25) is 0 Å². The molecule has 1 rings (SSSR count). The topological polar surface area (TPSA) is 12.0 Å². The Kier molecular flexibility index (Phi) is 5.23. The van der Waals surface area contributed by atoms with Crippen molar-refractivity contribution in [2.24, 2.45) is 0 Å². The highest BCUT2D eigenvalue weighted by molar-refractivity contribution is 9.10. The molecule has 2 heteroatoms. The monoisotopic (exact) mass is 281 g/mol. The minimum Gasteiger partial charge on any atom is -0.311 e. The van der Waals surface area contributed by atoms with Gasteiger partial charge in [0.2, 0.25) is 0 Å². The SMILES string of the molecule is CCNC(C)/C(C)=C/c1ccc(Br)c(C)c1. The Hall–Kier alpha value is -0.600. The Labute approximate surface area is 107 Å². The number of rotatable bonds is 4. The number of halogens is 1. The van der Waals surface area contributed by atoms with Gasteiger partial charge in [-0.2, -0.15) is 0 Å². The average Bonchev–Trinajstić information content (AvgIpc) is 2.24. The van der Waals surface area contributed by atoms with E-state index in [9.17, 15) is 0 Å². The van der Waals surface area contributed by atoms with Gasteiger partial charge in [-0.15, -0.1) is 0 Å². The summed E-state index contributed by atoms with van der Waals surface area (Å²) in [6.45, 7) is 9.62. The van der Waals surface area contributed by atoms with Crippen molar-refractivity contribution < 1.29 is 0 Å². The summed E-state index contributed by atoms with van der Waals surface area (Å²) in [5.41, 5.74) is 3.91. The van der Waals surface area contributed by atoms with Crippen molar-refractivity contribution in [3.05, 3.63) is 39.4 Å². The second-order valence-electron chi connectivity index (χ2n) is 4.18. The molecule has 0 aliphatic carbocycles. The first-order valence-corrected chi connectivity index (χ1v) is 6.51. The maximum atomic E-state index is 3.52. The zero-order chi connectivity index (χ0) is 12.1. The van der Waals surface area contributed by atoms with Gasteiger partial charge in [0.1, 0.15) is 0 Å². The number of aryl methyl sites for hydroxylation is 1. The summed E-state index contributed by atoms with van der Waals surface area (Å²) in [6, 6.07) is 6.88. The van der Waals surface area contributed by atoms with E-state index in [1.54, 1.807) is 0 Å². The van der Waals surface area contributed by atoms with Crippen LogP contribution >= 0.6 is 15.9 Å². The fourth-order valence-electron chi connectivity index (χ4n) is 1.61. The van der Waals surface area contributed by atoms with Gasteiger partial charge >= 0.3 is 0 Å². The maximum Gasteiger partial charge on any atom is 0.0251 e. The summed E-state index contributed by atoms with van der Waals surface area (Å²) < 4.78 is 1.17. The van der Waals surface area contributed by atoms with Crippen LogP contribution in [0.3, 0.4) is 0 Å². The van der Waals surface area contributed by atoms with Crippen molar-refractivity contribution in [2.45, 2.75) is 33.7 Å². The summed E-state index contributed by atoms with van der Waals surface area (Å²) in [4.78, 5) is 0. The van der Waals surface area contributed by atoms with Gasteiger partial charge in [-0.25, -0.2) is 0 Å². The molecule has 0 aromatic heterocycles. The first-order valence-electron chi connectivity index (χ1n) is 5.72. The van der Waals surface area contributed by atoms with Crippen LogP contribution in [0, 0.1) is 6.92 Å². The summed E-state index contributed by atoms with van der Waals surface area (Å²) in [5, 5.41) is 3.41. The molecule has 0 bridgehead atoms. The first kappa shape index (κ1) is 13.5. The van der Waals surface area contributed by atoms with E-state index in [2.05, 4.69) is 73.2 Å². The van der Waals surface area contributed by atoms with Crippen molar-refractivity contribution in [1.82, 2.24) is 5.32 Å². The highest BCUT2D eigenvalue weighted by Crippen LogP contribution is 2.19. The van der Waals surface area contributed by atoms with Crippen LogP contribution in [-0.2, 0) is 0 Å². The van der Waals surface area contributed by atoms with Crippen molar-refractivity contribution >= 4 is 22.0 Å². The van der Waals surface area contributed by atoms with Crippen LogP contribution in [-0.4, -0.2) is 12.6 Å². The van der Waals surface area contributed by atoms with E-state index in [-0.39, 0.29) is 0 Å². The lowest BCUT2D eigenvalue weighted by molar-refractivity contribution is 0.636. The van der Waals surface area contributed by atoms with Gasteiger partial charge in [0, 0.05) is 10.5 Å². The summed E-state index contributed by atoms with van der Waals surface area (Å²) in [5.74, 6) is 0. The molecule has 1 aromatic carbocycles. The number of likely N-dealkylation sites (N-methyl/N-ethyl adjacent to an activating group) is 1. The van der Waals surface area contributed by atoms with Crippen molar-refractivity contribution in [3.8, 4) is 0 Å². The molecule has 88 valence electrons. The second-order valence-corrected chi connectivity index (χ2v) is 5.03. The van der Waals surface area contributed by atoms with E-state index in [1.165, 1.54) is 21.2 Å². The van der Waals surface area contributed by atoms with Crippen molar-refractivity contribution in [3.63, 3.8) is 0 Å². The molecule has 1 atom stereocenters. The highest BCUT2D eigenvalue weighted by atomic mass is 79.9. The average molecular weight is 282 g/mol. The van der Waals surface area contributed by atoms with E-state index in [0.29, 0.717) is 6.04 Å². The lowest BCUT2D eigenvalue weighted by Crippen LogP contribution is -2.26. The fraction of sp³-hybridized carbons (Fsp3) is 0.429. The molecule has 0 saturated carbocycles. The molecule has 1 nitrogen and oxygen atoms in total. The zero-order valence-corrected chi connectivity index (χ0v) is 12.1. The minimum atomic E-state index is 0.439. The molecule has 0 amide bonds. The van der Waals surface area contributed by atoms with E-state index in [4.69, 9.17) is 0 Å². The van der Waals surface area contributed by atoms with Crippen LogP contribution in [0.4, 0.5) is 0 Å². The van der Waals surface area contributed by atoms with Crippen LogP contribution in [0.15, 0.2) is 28.2 Å². The fourth-order valence-corrected chi connectivity index (χ4v) is 1.86. The van der Waals surface area contributed by atoms with Gasteiger partial charge < -0.3 is 5.32 Å². The van der Waals surface area contributed by atoms with E-state index >= 15 is 0 Å². The summed E-state index contributed by atoms with van der Waals surface area (Å²) in [7, 11) is 0. The van der Waals surface area contributed by atoms with E-state index < -0.39 is 0 Å². The minimum absolute atomic E-state index is 0.439. The Morgan fingerprint density at radius 1 is 1.50 bits per heavy atom. The van der Waals surface area contributed by atoms with Crippen LogP contribution in [0.25, 0.3) is 6.08 Å². The molecule has 0 saturated heterocycles. The van der Waals surface area contributed by atoms with Crippen LogP contribution < -0.4 is 5.32 Å². The third-order valence-corrected chi connectivity index (χ3v) is 3.66. The predicted molar refractivity (Wildman–Crippen MR) is 75.7 cm³/mol. The molecule has 1 unspecified atom stereocenters. The Morgan fingerprint density at radius 3 is 2.75 bits per heavy atom. The van der Waals surface area contributed by atoms with Gasteiger partial charge in [0.05, 0.1) is 0 Å². The van der Waals surface area contributed by atoms with E-state index in [1.807, 2.05) is 0 Å². The molecule has 1 N–H and O–H groups in total. The van der Waals surface area contributed by atoms with E-state index in [0.717, 1.165) is 6.54 Å². The number of hydrogen-bond donors (Lipinski definition) is 1. The molecule has 0 aliphatic heterocycles. The zero-order valence-electron chi connectivity index (χ0n) is 10.5. The second kappa shape index (κ2) is 6.21. The van der Waals surface area contributed by atoms with Gasteiger partial charge in [-0.1, -0.05) is 46.6 Å². The van der Waals surface area contributed by atoms with Gasteiger partial charge in [0.15, 0.2) is 0 Å². The molecule has 0 radical (unpaired) electrons.